The molecule has 0 N–H and O–H groups in total. The summed E-state index contributed by atoms with van der Waals surface area (Å²) < 4.78 is 3.05. The molecule has 0 amide bonds. The van der Waals surface area contributed by atoms with Crippen molar-refractivity contribution >= 4 is 22.6 Å². The molecular formula is C10H11ClN4O. The molecule has 0 aliphatic carbocycles. The second-order valence-electron chi connectivity index (χ2n) is 3.57. The van der Waals surface area contributed by atoms with Crippen LogP contribution in [0.4, 0.5) is 0 Å². The molecule has 2 aromatic heterocycles. The molecule has 0 bridgehead atoms. The Morgan fingerprint density at radius 2 is 2.38 bits per heavy atom. The standard InChI is InChI=1S/C10H11ClN4O/c1-7(3-11)5-15-6-12-9-8(10(15)16)4-13-14(9)2/h4,6H,1,3,5H2,2H3. The smallest absolute Gasteiger partial charge is 0.264 e. The summed E-state index contributed by atoms with van der Waals surface area (Å²) in [5.41, 5.74) is 1.23. The Hall–Kier alpha value is -1.62. The van der Waals surface area contributed by atoms with Gasteiger partial charge in [0.2, 0.25) is 0 Å². The fourth-order valence-corrected chi connectivity index (χ4v) is 1.55. The zero-order valence-corrected chi connectivity index (χ0v) is 9.61. The van der Waals surface area contributed by atoms with Crippen LogP contribution in [0.2, 0.25) is 0 Å². The van der Waals surface area contributed by atoms with E-state index >= 15 is 0 Å². The Kier molecular flexibility index (Phi) is 2.78. The summed E-state index contributed by atoms with van der Waals surface area (Å²) in [5.74, 6) is 0.331. The molecule has 0 unspecified atom stereocenters. The van der Waals surface area contributed by atoms with E-state index in [2.05, 4.69) is 16.7 Å². The highest BCUT2D eigenvalue weighted by atomic mass is 35.5. The number of hydrogen-bond donors (Lipinski definition) is 0. The monoisotopic (exact) mass is 238 g/mol. The lowest BCUT2D eigenvalue weighted by molar-refractivity contribution is 0.730. The van der Waals surface area contributed by atoms with Crippen molar-refractivity contribution in [2.75, 3.05) is 5.88 Å². The van der Waals surface area contributed by atoms with E-state index in [0.717, 1.165) is 5.57 Å². The minimum absolute atomic E-state index is 0.121. The van der Waals surface area contributed by atoms with Crippen LogP contribution in [-0.2, 0) is 13.6 Å². The Bertz CT molecular complexity index is 598. The molecule has 0 saturated heterocycles. The molecule has 5 nitrogen and oxygen atoms in total. The van der Waals surface area contributed by atoms with Crippen LogP contribution in [0.5, 0.6) is 0 Å². The first-order chi connectivity index (χ1) is 7.63. The fraction of sp³-hybridized carbons (Fsp3) is 0.300. The Morgan fingerprint density at radius 1 is 1.62 bits per heavy atom. The first kappa shape index (κ1) is 10.9. The molecule has 0 aliphatic heterocycles. The van der Waals surface area contributed by atoms with Crippen LogP contribution in [0.3, 0.4) is 0 Å². The lowest BCUT2D eigenvalue weighted by atomic mass is 10.3. The lowest BCUT2D eigenvalue weighted by Gasteiger charge is -2.05. The highest BCUT2D eigenvalue weighted by molar-refractivity contribution is 6.19. The van der Waals surface area contributed by atoms with Crippen molar-refractivity contribution in [3.63, 3.8) is 0 Å². The van der Waals surface area contributed by atoms with Gasteiger partial charge in [-0.05, 0) is 5.57 Å². The highest BCUT2D eigenvalue weighted by Crippen LogP contribution is 2.04. The van der Waals surface area contributed by atoms with E-state index in [4.69, 9.17) is 11.6 Å². The van der Waals surface area contributed by atoms with E-state index in [1.807, 2.05) is 0 Å². The number of aryl methyl sites for hydroxylation is 1. The molecule has 0 aliphatic rings. The largest absolute Gasteiger partial charge is 0.294 e. The first-order valence-corrected chi connectivity index (χ1v) is 5.26. The zero-order chi connectivity index (χ0) is 11.7. The Balaban J connectivity index is 2.53. The van der Waals surface area contributed by atoms with Crippen LogP contribution in [0.25, 0.3) is 11.0 Å². The number of aromatic nitrogens is 4. The van der Waals surface area contributed by atoms with E-state index in [0.29, 0.717) is 23.5 Å². The molecule has 2 aromatic rings. The minimum Gasteiger partial charge on any atom is -0.294 e. The van der Waals surface area contributed by atoms with Crippen molar-refractivity contribution in [2.45, 2.75) is 6.54 Å². The summed E-state index contributed by atoms with van der Waals surface area (Å²) in [7, 11) is 1.75. The van der Waals surface area contributed by atoms with E-state index < -0.39 is 0 Å². The normalized spacial score (nSPS) is 10.9. The third kappa shape index (κ3) is 1.74. The summed E-state index contributed by atoms with van der Waals surface area (Å²) in [6, 6.07) is 0. The van der Waals surface area contributed by atoms with Crippen molar-refractivity contribution in [1.82, 2.24) is 19.3 Å². The van der Waals surface area contributed by atoms with Crippen LogP contribution >= 0.6 is 11.6 Å². The number of nitrogens with zero attached hydrogens (tertiary/aromatic N) is 4. The summed E-state index contributed by atoms with van der Waals surface area (Å²) in [6.07, 6.45) is 3.01. The molecule has 0 fully saturated rings. The van der Waals surface area contributed by atoms with Gasteiger partial charge in [-0.15, -0.1) is 11.6 Å². The second kappa shape index (κ2) is 4.09. The van der Waals surface area contributed by atoms with Gasteiger partial charge in [-0.3, -0.25) is 14.0 Å². The molecule has 0 atom stereocenters. The SMILES string of the molecule is C=C(CCl)Cn1cnc2c(cnn2C)c1=O. The zero-order valence-electron chi connectivity index (χ0n) is 8.85. The fourth-order valence-electron chi connectivity index (χ4n) is 1.46. The van der Waals surface area contributed by atoms with Gasteiger partial charge in [-0.1, -0.05) is 6.58 Å². The van der Waals surface area contributed by atoms with Crippen molar-refractivity contribution in [3.05, 3.63) is 35.0 Å². The quantitative estimate of drug-likeness (QED) is 0.590. The summed E-state index contributed by atoms with van der Waals surface area (Å²) in [4.78, 5) is 16.1. The van der Waals surface area contributed by atoms with Crippen molar-refractivity contribution in [3.8, 4) is 0 Å². The lowest BCUT2D eigenvalue weighted by Crippen LogP contribution is -2.21. The summed E-state index contributed by atoms with van der Waals surface area (Å²) in [6.45, 7) is 4.14. The molecule has 6 heteroatoms. The van der Waals surface area contributed by atoms with Crippen LogP contribution in [0.1, 0.15) is 0 Å². The number of hydrogen-bond acceptors (Lipinski definition) is 3. The maximum absolute atomic E-state index is 12.0. The van der Waals surface area contributed by atoms with Gasteiger partial charge < -0.3 is 0 Å². The maximum atomic E-state index is 12.0. The van der Waals surface area contributed by atoms with Crippen LogP contribution in [-0.4, -0.2) is 25.2 Å². The van der Waals surface area contributed by atoms with Crippen molar-refractivity contribution in [2.24, 2.45) is 7.05 Å². The number of halogens is 1. The number of rotatable bonds is 3. The van der Waals surface area contributed by atoms with Gasteiger partial charge in [-0.2, -0.15) is 5.10 Å². The highest BCUT2D eigenvalue weighted by Gasteiger charge is 2.08. The molecule has 0 radical (unpaired) electrons. The summed E-state index contributed by atoms with van der Waals surface area (Å²) in [5, 5.41) is 4.50. The molecule has 16 heavy (non-hydrogen) atoms. The molecule has 84 valence electrons. The minimum atomic E-state index is -0.121. The van der Waals surface area contributed by atoms with E-state index in [9.17, 15) is 4.79 Å². The topological polar surface area (TPSA) is 52.7 Å². The van der Waals surface area contributed by atoms with Gasteiger partial charge in [0.1, 0.15) is 11.7 Å². The van der Waals surface area contributed by atoms with Gasteiger partial charge >= 0.3 is 0 Å². The molecule has 2 heterocycles. The van der Waals surface area contributed by atoms with E-state index in [-0.39, 0.29) is 5.56 Å². The van der Waals surface area contributed by atoms with Gasteiger partial charge in [0, 0.05) is 19.5 Å². The van der Waals surface area contributed by atoms with Crippen LogP contribution in [0, 0.1) is 0 Å². The van der Waals surface area contributed by atoms with E-state index in [1.165, 1.54) is 17.1 Å². The molecule has 0 saturated carbocycles. The number of allylic oxidation sites excluding steroid dienone is 1. The van der Waals surface area contributed by atoms with Gasteiger partial charge in [0.25, 0.3) is 5.56 Å². The molecule has 0 aromatic carbocycles. The van der Waals surface area contributed by atoms with Crippen LogP contribution in [0.15, 0.2) is 29.5 Å². The number of fused-ring (bicyclic) bond motifs is 1. The average molecular weight is 239 g/mol. The molecular weight excluding hydrogens is 228 g/mol. The van der Waals surface area contributed by atoms with Gasteiger partial charge in [0.05, 0.1) is 6.20 Å². The first-order valence-electron chi connectivity index (χ1n) is 4.73. The van der Waals surface area contributed by atoms with Crippen LogP contribution < -0.4 is 5.56 Å². The van der Waals surface area contributed by atoms with Gasteiger partial charge in [-0.25, -0.2) is 4.98 Å². The Morgan fingerprint density at radius 3 is 3.06 bits per heavy atom. The van der Waals surface area contributed by atoms with E-state index in [1.54, 1.807) is 11.7 Å². The van der Waals surface area contributed by atoms with Gasteiger partial charge in [0.15, 0.2) is 5.65 Å². The number of alkyl halides is 1. The third-order valence-corrected chi connectivity index (χ3v) is 2.68. The van der Waals surface area contributed by atoms with Crippen molar-refractivity contribution in [1.29, 1.82) is 0 Å². The second-order valence-corrected chi connectivity index (χ2v) is 3.83. The summed E-state index contributed by atoms with van der Waals surface area (Å²) >= 11 is 5.62. The molecule has 2 rings (SSSR count). The third-order valence-electron chi connectivity index (χ3n) is 2.30. The average Bonchev–Trinajstić information content (AvgIpc) is 2.65. The maximum Gasteiger partial charge on any atom is 0.264 e. The predicted octanol–water partition coefficient (Wildman–Crippen LogP) is 0.925. The molecule has 0 spiro atoms. The van der Waals surface area contributed by atoms with Crippen molar-refractivity contribution < 1.29 is 0 Å². The predicted molar refractivity (Wildman–Crippen MR) is 62.6 cm³/mol. The Labute approximate surface area is 97.0 Å².